The Bertz CT molecular complexity index is 553. The summed E-state index contributed by atoms with van der Waals surface area (Å²) in [5.74, 6) is 0.349. The van der Waals surface area contributed by atoms with Gasteiger partial charge in [-0.2, -0.15) is 5.10 Å². The Kier molecular flexibility index (Phi) is 2.86. The Morgan fingerprint density at radius 3 is 2.69 bits per heavy atom. The van der Waals surface area contributed by atoms with E-state index < -0.39 is 0 Å². The number of halogens is 1. The molecule has 80 valence electrons. The van der Waals surface area contributed by atoms with E-state index in [1.165, 1.54) is 6.08 Å². The van der Waals surface area contributed by atoms with E-state index in [0.29, 0.717) is 10.8 Å². The van der Waals surface area contributed by atoms with Gasteiger partial charge in [-0.25, -0.2) is 4.79 Å². The average Bonchev–Trinajstić information content (AvgIpc) is 2.61. The molecule has 2 rings (SSSR count). The third-order valence-electron chi connectivity index (χ3n) is 2.17. The van der Waals surface area contributed by atoms with E-state index in [4.69, 9.17) is 11.6 Å². The molecule has 5 heteroatoms. The molecule has 1 aromatic heterocycles. The van der Waals surface area contributed by atoms with Crippen molar-refractivity contribution in [2.45, 2.75) is 0 Å². The molecule has 0 saturated heterocycles. The van der Waals surface area contributed by atoms with Crippen LogP contribution < -0.4 is 0 Å². The van der Waals surface area contributed by atoms with E-state index in [2.05, 4.69) is 10.1 Å². The summed E-state index contributed by atoms with van der Waals surface area (Å²) in [7, 11) is 1.79. The third-order valence-corrected chi connectivity index (χ3v) is 2.42. The number of carbonyl (C=O) groups excluding carboxylic acids is 1. The number of isocyanates is 1. The van der Waals surface area contributed by atoms with Gasteiger partial charge in [0.2, 0.25) is 6.08 Å². The van der Waals surface area contributed by atoms with Crippen LogP contribution in [0.15, 0.2) is 35.3 Å². The summed E-state index contributed by atoms with van der Waals surface area (Å²) in [6, 6.07) is 9.08. The van der Waals surface area contributed by atoms with E-state index in [1.54, 1.807) is 29.9 Å². The molecule has 0 aliphatic rings. The molecule has 0 radical (unpaired) electrons. The Morgan fingerprint density at radius 1 is 1.38 bits per heavy atom. The minimum atomic E-state index is 0.349. The summed E-state index contributed by atoms with van der Waals surface area (Å²) in [6.45, 7) is 0. The Morgan fingerprint density at radius 2 is 2.06 bits per heavy atom. The predicted octanol–water partition coefficient (Wildman–Crippen LogP) is 2.71. The molecule has 0 saturated carbocycles. The number of aryl methyl sites for hydroxylation is 1. The first-order valence-electron chi connectivity index (χ1n) is 4.58. The van der Waals surface area contributed by atoms with Gasteiger partial charge < -0.3 is 0 Å². The van der Waals surface area contributed by atoms with Gasteiger partial charge in [0.25, 0.3) is 0 Å². The second-order valence-corrected chi connectivity index (χ2v) is 3.66. The summed E-state index contributed by atoms with van der Waals surface area (Å²) in [4.78, 5) is 13.6. The van der Waals surface area contributed by atoms with E-state index in [-0.39, 0.29) is 0 Å². The molecule has 4 nitrogen and oxygen atoms in total. The van der Waals surface area contributed by atoms with Crippen LogP contribution in [0.5, 0.6) is 0 Å². The topological polar surface area (TPSA) is 47.2 Å². The molecule has 0 fully saturated rings. The standard InChI is InChI=1S/C11H8ClN3O/c1-15-10(6-11(14-15)13-7-16)8-2-4-9(12)5-3-8/h2-6H,1H3. The van der Waals surface area contributed by atoms with Gasteiger partial charge in [0.05, 0.1) is 5.69 Å². The van der Waals surface area contributed by atoms with Crippen LogP contribution >= 0.6 is 11.6 Å². The molecule has 0 aliphatic heterocycles. The van der Waals surface area contributed by atoms with Crippen molar-refractivity contribution in [3.05, 3.63) is 35.4 Å². The molecule has 16 heavy (non-hydrogen) atoms. The van der Waals surface area contributed by atoms with Crippen molar-refractivity contribution in [1.82, 2.24) is 9.78 Å². The van der Waals surface area contributed by atoms with E-state index >= 15 is 0 Å². The summed E-state index contributed by atoms with van der Waals surface area (Å²) < 4.78 is 1.65. The Hall–Kier alpha value is -1.90. The van der Waals surface area contributed by atoms with Crippen LogP contribution in [0.2, 0.25) is 5.02 Å². The van der Waals surface area contributed by atoms with Crippen molar-refractivity contribution >= 4 is 23.5 Å². The van der Waals surface area contributed by atoms with E-state index in [1.807, 2.05) is 12.1 Å². The van der Waals surface area contributed by atoms with Crippen LogP contribution in [0, 0.1) is 0 Å². The lowest BCUT2D eigenvalue weighted by Gasteiger charge is -2.00. The highest BCUT2D eigenvalue weighted by atomic mass is 35.5. The maximum atomic E-state index is 10.1. The third kappa shape index (κ3) is 2.03. The van der Waals surface area contributed by atoms with Crippen LogP contribution in [0.3, 0.4) is 0 Å². The maximum Gasteiger partial charge on any atom is 0.242 e. The Labute approximate surface area is 97.2 Å². The molecule has 0 spiro atoms. The van der Waals surface area contributed by atoms with Crippen LogP contribution in [0.1, 0.15) is 0 Å². The number of aliphatic imine (C=N–C) groups is 1. The molecular formula is C11H8ClN3O. The first-order chi connectivity index (χ1) is 7.70. The normalized spacial score (nSPS) is 9.88. The summed E-state index contributed by atoms with van der Waals surface area (Å²) in [5.41, 5.74) is 1.83. The van der Waals surface area contributed by atoms with Crippen molar-refractivity contribution in [3.63, 3.8) is 0 Å². The minimum absolute atomic E-state index is 0.349. The van der Waals surface area contributed by atoms with E-state index in [9.17, 15) is 4.79 Å². The van der Waals surface area contributed by atoms with Crippen LogP contribution in [-0.2, 0) is 11.8 Å². The fourth-order valence-electron chi connectivity index (χ4n) is 1.44. The number of hydrogen-bond acceptors (Lipinski definition) is 3. The maximum absolute atomic E-state index is 10.1. The van der Waals surface area contributed by atoms with Crippen molar-refractivity contribution in [2.24, 2.45) is 12.0 Å². The zero-order valence-corrected chi connectivity index (χ0v) is 9.27. The van der Waals surface area contributed by atoms with Crippen molar-refractivity contribution in [2.75, 3.05) is 0 Å². The molecule has 1 heterocycles. The lowest BCUT2D eigenvalue weighted by molar-refractivity contribution is 0.565. The first-order valence-corrected chi connectivity index (χ1v) is 4.96. The fraction of sp³-hybridized carbons (Fsp3) is 0.0909. The fourth-order valence-corrected chi connectivity index (χ4v) is 1.57. The van der Waals surface area contributed by atoms with Crippen LogP contribution in [0.4, 0.5) is 5.82 Å². The van der Waals surface area contributed by atoms with Gasteiger partial charge in [-0.1, -0.05) is 23.7 Å². The highest BCUT2D eigenvalue weighted by Crippen LogP contribution is 2.24. The largest absolute Gasteiger partial charge is 0.266 e. The number of rotatable bonds is 2. The van der Waals surface area contributed by atoms with Gasteiger partial charge in [0.1, 0.15) is 0 Å². The van der Waals surface area contributed by atoms with Crippen molar-refractivity contribution < 1.29 is 4.79 Å². The van der Waals surface area contributed by atoms with Crippen molar-refractivity contribution in [3.8, 4) is 11.3 Å². The summed E-state index contributed by atoms with van der Waals surface area (Å²) >= 11 is 5.80. The van der Waals surface area contributed by atoms with Gasteiger partial charge in [0, 0.05) is 18.1 Å². The molecule has 0 unspecified atom stereocenters. The molecule has 0 aliphatic carbocycles. The number of benzene rings is 1. The first kappa shape index (κ1) is 10.6. The molecule has 0 N–H and O–H groups in total. The molecule has 1 aromatic carbocycles. The second-order valence-electron chi connectivity index (χ2n) is 3.22. The number of nitrogens with zero attached hydrogens (tertiary/aromatic N) is 3. The number of aromatic nitrogens is 2. The Balaban J connectivity index is 2.47. The quantitative estimate of drug-likeness (QED) is 0.592. The van der Waals surface area contributed by atoms with Gasteiger partial charge in [-0.05, 0) is 17.7 Å². The molecule has 2 aromatic rings. The van der Waals surface area contributed by atoms with Crippen LogP contribution in [-0.4, -0.2) is 15.9 Å². The highest BCUT2D eigenvalue weighted by molar-refractivity contribution is 6.30. The van der Waals surface area contributed by atoms with Crippen LogP contribution in [0.25, 0.3) is 11.3 Å². The molecule has 0 bridgehead atoms. The highest BCUT2D eigenvalue weighted by Gasteiger charge is 2.06. The second kappa shape index (κ2) is 4.31. The van der Waals surface area contributed by atoms with Gasteiger partial charge in [0.15, 0.2) is 5.82 Å². The number of hydrogen-bond donors (Lipinski definition) is 0. The average molecular weight is 234 g/mol. The van der Waals surface area contributed by atoms with Gasteiger partial charge in [-0.3, -0.25) is 4.68 Å². The lowest BCUT2D eigenvalue weighted by atomic mass is 10.1. The minimum Gasteiger partial charge on any atom is -0.266 e. The van der Waals surface area contributed by atoms with Gasteiger partial charge in [-0.15, -0.1) is 4.99 Å². The predicted molar refractivity (Wildman–Crippen MR) is 61.4 cm³/mol. The van der Waals surface area contributed by atoms with Crippen molar-refractivity contribution in [1.29, 1.82) is 0 Å². The summed E-state index contributed by atoms with van der Waals surface area (Å²) in [6.07, 6.45) is 1.46. The smallest absolute Gasteiger partial charge is 0.242 e. The zero-order chi connectivity index (χ0) is 11.5. The zero-order valence-electron chi connectivity index (χ0n) is 8.51. The molecule has 0 amide bonds. The summed E-state index contributed by atoms with van der Waals surface area (Å²) in [5, 5.41) is 4.73. The lowest BCUT2D eigenvalue weighted by Crippen LogP contribution is -1.92. The molecule has 0 atom stereocenters. The monoisotopic (exact) mass is 233 g/mol. The SMILES string of the molecule is Cn1nc(N=C=O)cc1-c1ccc(Cl)cc1. The van der Waals surface area contributed by atoms with Gasteiger partial charge >= 0.3 is 0 Å². The molecular weight excluding hydrogens is 226 g/mol. The van der Waals surface area contributed by atoms with E-state index in [0.717, 1.165) is 11.3 Å².